The Bertz CT molecular complexity index is 630. The van der Waals surface area contributed by atoms with Gasteiger partial charge in [-0.05, 0) is 32.1 Å². The number of amides is 4. The van der Waals surface area contributed by atoms with Gasteiger partial charge in [-0.25, -0.2) is 0 Å². The van der Waals surface area contributed by atoms with Crippen molar-refractivity contribution in [1.29, 1.82) is 0 Å². The summed E-state index contributed by atoms with van der Waals surface area (Å²) >= 11 is 0. The molecule has 0 N–H and O–H groups in total. The Morgan fingerprint density at radius 2 is 1.10 bits per heavy atom. The van der Waals surface area contributed by atoms with Gasteiger partial charge >= 0.3 is 0 Å². The van der Waals surface area contributed by atoms with Crippen molar-refractivity contribution in [3.8, 4) is 0 Å². The van der Waals surface area contributed by atoms with Crippen molar-refractivity contribution < 1.29 is 19.2 Å². The summed E-state index contributed by atoms with van der Waals surface area (Å²) in [4.78, 5) is 54.7. The number of likely N-dealkylation sites (tertiary alicyclic amines) is 2. The van der Waals surface area contributed by atoms with E-state index in [0.717, 1.165) is 32.1 Å². The third-order valence-corrected chi connectivity index (χ3v) is 7.56. The van der Waals surface area contributed by atoms with Crippen LogP contribution < -0.4 is 0 Å². The van der Waals surface area contributed by atoms with E-state index in [4.69, 9.17) is 0 Å². The Hall–Kier alpha value is -1.72. The van der Waals surface area contributed by atoms with Crippen LogP contribution in [0.15, 0.2) is 0 Å². The van der Waals surface area contributed by atoms with E-state index in [1.54, 1.807) is 0 Å². The standard InChI is InChI=1S/C24H38N2O4/c1-4-7-8-9-10-11-12-13-25-21(27)17-14-19-20(15-18(17)22(25)28)24(30)26(23(19)29)16(5-2)6-3/h16-20H,4-15H2,1-3H3. The SMILES string of the molecule is CCCCCCCCCN1C(=O)C2CC3C(=O)N(C(CC)CC)C(=O)C3CC2C1=O. The molecule has 1 saturated carbocycles. The number of hydrogen-bond acceptors (Lipinski definition) is 4. The Balaban J connectivity index is 1.58. The topological polar surface area (TPSA) is 74.8 Å². The van der Waals surface area contributed by atoms with Crippen molar-refractivity contribution >= 4 is 23.6 Å². The van der Waals surface area contributed by atoms with Crippen LogP contribution in [0.5, 0.6) is 0 Å². The number of unbranched alkanes of at least 4 members (excludes halogenated alkanes) is 6. The molecule has 2 saturated heterocycles. The number of fused-ring (bicyclic) bond motifs is 2. The third-order valence-electron chi connectivity index (χ3n) is 7.56. The van der Waals surface area contributed by atoms with Crippen LogP contribution in [0.3, 0.4) is 0 Å². The summed E-state index contributed by atoms with van der Waals surface area (Å²) in [5.74, 6) is -2.15. The van der Waals surface area contributed by atoms with Gasteiger partial charge in [0.05, 0.1) is 23.7 Å². The first kappa shape index (κ1) is 23.0. The van der Waals surface area contributed by atoms with Crippen LogP contribution in [-0.4, -0.2) is 46.0 Å². The van der Waals surface area contributed by atoms with E-state index in [1.165, 1.54) is 35.5 Å². The molecule has 4 unspecified atom stereocenters. The van der Waals surface area contributed by atoms with E-state index in [-0.39, 0.29) is 29.7 Å². The second-order valence-electron chi connectivity index (χ2n) is 9.36. The minimum Gasteiger partial charge on any atom is -0.282 e. The number of hydrogen-bond donors (Lipinski definition) is 0. The predicted octanol–water partition coefficient (Wildman–Crippen LogP) is 3.92. The van der Waals surface area contributed by atoms with Gasteiger partial charge in [0.25, 0.3) is 0 Å². The van der Waals surface area contributed by atoms with Crippen LogP contribution in [0.2, 0.25) is 0 Å². The smallest absolute Gasteiger partial charge is 0.233 e. The fourth-order valence-corrected chi connectivity index (χ4v) is 5.73. The molecule has 4 atom stereocenters. The van der Waals surface area contributed by atoms with Crippen LogP contribution in [0, 0.1) is 23.7 Å². The molecule has 0 aromatic carbocycles. The fourth-order valence-electron chi connectivity index (χ4n) is 5.73. The fraction of sp³-hybridized carbons (Fsp3) is 0.833. The molecule has 4 amide bonds. The van der Waals surface area contributed by atoms with E-state index in [9.17, 15) is 19.2 Å². The lowest BCUT2D eigenvalue weighted by Crippen LogP contribution is -2.40. The van der Waals surface area contributed by atoms with Crippen LogP contribution in [0.1, 0.15) is 91.4 Å². The maximum Gasteiger partial charge on any atom is 0.233 e. The van der Waals surface area contributed by atoms with Crippen LogP contribution in [-0.2, 0) is 19.2 Å². The summed E-state index contributed by atoms with van der Waals surface area (Å²) in [5, 5.41) is 0. The molecule has 168 valence electrons. The minimum absolute atomic E-state index is 0.0735. The highest BCUT2D eigenvalue weighted by molar-refractivity contribution is 6.09. The van der Waals surface area contributed by atoms with Gasteiger partial charge in [-0.2, -0.15) is 0 Å². The number of carbonyl (C=O) groups is 4. The molecule has 0 bridgehead atoms. The van der Waals surface area contributed by atoms with Crippen LogP contribution in [0.25, 0.3) is 0 Å². The lowest BCUT2D eigenvalue weighted by molar-refractivity contribution is -0.142. The highest BCUT2D eigenvalue weighted by Crippen LogP contribution is 2.48. The van der Waals surface area contributed by atoms with E-state index >= 15 is 0 Å². The maximum absolute atomic E-state index is 13.0. The normalized spacial score (nSPS) is 28.7. The van der Waals surface area contributed by atoms with E-state index in [2.05, 4.69) is 6.92 Å². The first-order chi connectivity index (χ1) is 14.5. The van der Waals surface area contributed by atoms with Gasteiger partial charge in [0.2, 0.25) is 23.6 Å². The van der Waals surface area contributed by atoms with Gasteiger partial charge in [-0.3, -0.25) is 29.0 Å². The highest BCUT2D eigenvalue weighted by Gasteiger charge is 2.59. The lowest BCUT2D eigenvalue weighted by atomic mass is 9.70. The zero-order valence-electron chi connectivity index (χ0n) is 18.9. The molecule has 0 spiro atoms. The molecule has 3 aliphatic rings. The molecule has 1 aliphatic carbocycles. The minimum atomic E-state index is -0.422. The summed E-state index contributed by atoms with van der Waals surface area (Å²) < 4.78 is 0. The van der Waals surface area contributed by atoms with Crippen molar-refractivity contribution in [3.05, 3.63) is 0 Å². The molecule has 6 nitrogen and oxygen atoms in total. The monoisotopic (exact) mass is 418 g/mol. The molecule has 2 aliphatic heterocycles. The Morgan fingerprint density at radius 3 is 1.57 bits per heavy atom. The van der Waals surface area contributed by atoms with Crippen molar-refractivity contribution in [2.45, 2.75) is 97.4 Å². The summed E-state index contributed by atoms with van der Waals surface area (Å²) in [6.45, 7) is 6.65. The molecule has 3 fully saturated rings. The maximum atomic E-state index is 13.0. The second-order valence-corrected chi connectivity index (χ2v) is 9.36. The summed E-state index contributed by atoms with van der Waals surface area (Å²) in [7, 11) is 0. The van der Waals surface area contributed by atoms with Crippen molar-refractivity contribution in [1.82, 2.24) is 9.80 Å². The number of carbonyl (C=O) groups excluding carboxylic acids is 4. The van der Waals surface area contributed by atoms with Crippen LogP contribution >= 0.6 is 0 Å². The predicted molar refractivity (Wildman–Crippen MR) is 114 cm³/mol. The van der Waals surface area contributed by atoms with Gasteiger partial charge in [-0.15, -0.1) is 0 Å². The van der Waals surface area contributed by atoms with Gasteiger partial charge in [-0.1, -0.05) is 59.3 Å². The second kappa shape index (κ2) is 10.1. The number of imide groups is 2. The average Bonchev–Trinajstić information content (AvgIpc) is 3.13. The summed E-state index contributed by atoms with van der Waals surface area (Å²) in [6.07, 6.45) is 10.2. The number of nitrogens with zero attached hydrogens (tertiary/aromatic N) is 2. The number of rotatable bonds is 11. The van der Waals surface area contributed by atoms with Crippen molar-refractivity contribution in [2.24, 2.45) is 23.7 Å². The highest BCUT2D eigenvalue weighted by atomic mass is 16.2. The van der Waals surface area contributed by atoms with E-state index < -0.39 is 23.7 Å². The zero-order chi connectivity index (χ0) is 21.8. The van der Waals surface area contributed by atoms with E-state index in [0.29, 0.717) is 19.4 Å². The Labute approximate surface area is 180 Å². The largest absolute Gasteiger partial charge is 0.282 e. The quantitative estimate of drug-likeness (QED) is 0.376. The molecular weight excluding hydrogens is 380 g/mol. The molecule has 0 aromatic rings. The average molecular weight is 419 g/mol. The molecule has 6 heteroatoms. The molecular formula is C24H38N2O4. The first-order valence-corrected chi connectivity index (χ1v) is 12.2. The first-order valence-electron chi connectivity index (χ1n) is 12.2. The Kier molecular flexibility index (Phi) is 7.70. The molecule has 0 radical (unpaired) electrons. The van der Waals surface area contributed by atoms with Gasteiger partial charge in [0.1, 0.15) is 0 Å². The molecule has 2 heterocycles. The van der Waals surface area contributed by atoms with Crippen molar-refractivity contribution in [2.75, 3.05) is 6.54 Å². The summed E-state index contributed by atoms with van der Waals surface area (Å²) in [5.41, 5.74) is 0. The zero-order valence-corrected chi connectivity index (χ0v) is 18.9. The summed E-state index contributed by atoms with van der Waals surface area (Å²) in [6, 6.07) is -0.0735. The molecule has 3 rings (SSSR count). The van der Waals surface area contributed by atoms with Crippen molar-refractivity contribution in [3.63, 3.8) is 0 Å². The Morgan fingerprint density at radius 1 is 0.667 bits per heavy atom. The van der Waals surface area contributed by atoms with Gasteiger partial charge in [0.15, 0.2) is 0 Å². The lowest BCUT2D eigenvalue weighted by Gasteiger charge is -2.28. The van der Waals surface area contributed by atoms with Gasteiger partial charge in [0, 0.05) is 12.6 Å². The van der Waals surface area contributed by atoms with E-state index in [1.807, 2.05) is 13.8 Å². The van der Waals surface area contributed by atoms with Gasteiger partial charge < -0.3 is 0 Å². The van der Waals surface area contributed by atoms with Crippen LogP contribution in [0.4, 0.5) is 0 Å². The third kappa shape index (κ3) is 4.19. The molecule has 0 aromatic heterocycles. The molecule has 30 heavy (non-hydrogen) atoms.